The van der Waals surface area contributed by atoms with Crippen molar-refractivity contribution in [3.05, 3.63) is 11.9 Å². The number of unbranched alkanes of at least 4 members (excludes halogenated alkanes) is 1. The molecule has 1 aromatic rings. The Morgan fingerprint density at radius 1 is 0.634 bits per heavy atom. The van der Waals surface area contributed by atoms with E-state index in [9.17, 15) is 19.2 Å². The van der Waals surface area contributed by atoms with Gasteiger partial charge < -0.3 is 78.1 Å². The Kier molecular flexibility index (Phi) is 37.9. The zero-order valence-electron chi connectivity index (χ0n) is 41.9. The van der Waals surface area contributed by atoms with E-state index in [2.05, 4.69) is 31.6 Å². The number of fused-ring (bicyclic) bond motifs is 1. The Hall–Kier alpha value is -3.27. The average Bonchev–Trinajstić information content (AvgIpc) is 4.05. The van der Waals surface area contributed by atoms with E-state index in [1.54, 1.807) is 4.68 Å². The number of alkyl carbamates (subject to hydrolysis) is 1. The maximum absolute atomic E-state index is 12.3. The molecular weight excluding hydrogens is 951 g/mol. The van der Waals surface area contributed by atoms with Crippen LogP contribution in [0.25, 0.3) is 0 Å². The molecule has 3 atom stereocenters. The van der Waals surface area contributed by atoms with Crippen molar-refractivity contribution in [3.8, 4) is 0 Å². The predicted octanol–water partition coefficient (Wildman–Crippen LogP) is 2.70. The first kappa shape index (κ1) is 63.8. The van der Waals surface area contributed by atoms with Crippen LogP contribution in [0.4, 0.5) is 9.59 Å². The van der Waals surface area contributed by atoms with Crippen LogP contribution in [0.5, 0.6) is 0 Å². The van der Waals surface area contributed by atoms with Crippen molar-refractivity contribution < 1.29 is 76.0 Å². The van der Waals surface area contributed by atoms with Crippen LogP contribution in [-0.4, -0.2) is 219 Å². The number of nitrogens with zero attached hydrogens (tertiary/aromatic N) is 3. The molecule has 3 rings (SSSR count). The third-order valence-electron chi connectivity index (χ3n) is 10.1. The van der Waals surface area contributed by atoms with Gasteiger partial charge in [0, 0.05) is 50.0 Å². The second-order valence-corrected chi connectivity index (χ2v) is 18.5. The monoisotopic (exact) mass is 1040 g/mol. The minimum atomic E-state index is -0.527. The van der Waals surface area contributed by atoms with E-state index >= 15 is 0 Å². The van der Waals surface area contributed by atoms with E-state index in [0.717, 1.165) is 30.7 Å². The zero-order valence-corrected chi connectivity index (χ0v) is 42.7. The lowest BCUT2D eigenvalue weighted by atomic mass is 10.0. The summed E-state index contributed by atoms with van der Waals surface area (Å²) in [4.78, 5) is 47.3. The van der Waals surface area contributed by atoms with Crippen molar-refractivity contribution in [1.82, 2.24) is 36.3 Å². The number of nitrogens with one attached hydrogen (secondary N) is 4. The molecule has 0 radical (unpaired) electrons. The van der Waals surface area contributed by atoms with Crippen LogP contribution in [-0.2, 0) is 79.6 Å². The standard InChI is InChI=1S/C46H83N7O16S.CH4/c1-46(2,3)69-45(57)48-12-17-61-21-24-64-27-30-65-29-26-63-23-20-60-16-11-47-42(55)10-15-59-19-22-62-25-28-66-31-32-67-33-34-68-36-38-35-53(52-51-38)13-18-58-14-6-8-39(54)7-4-5-9-41-43-40(37-70-41)49-44(56)50-43;/h35,40-41,43H,4-34,36-37H2,1-3H3,(H,47,55)(H,48,57)(H2,49,50,56);1H4/t40-,41+,43-;/m1./s1. The first-order chi connectivity index (χ1) is 34.1. The Labute approximate surface area is 425 Å². The number of ether oxygens (including phenoxy) is 12. The number of ketones is 1. The van der Waals surface area contributed by atoms with Gasteiger partial charge in [-0.25, -0.2) is 14.3 Å². The van der Waals surface area contributed by atoms with Gasteiger partial charge in [-0.2, -0.15) is 11.8 Å². The van der Waals surface area contributed by atoms with Crippen molar-refractivity contribution in [3.63, 3.8) is 0 Å². The van der Waals surface area contributed by atoms with Crippen LogP contribution in [0.1, 0.15) is 78.8 Å². The fourth-order valence-electron chi connectivity index (χ4n) is 6.67. The maximum Gasteiger partial charge on any atom is 0.407 e. The molecule has 2 saturated heterocycles. The lowest BCUT2D eigenvalue weighted by molar-refractivity contribution is -0.122. The van der Waals surface area contributed by atoms with Gasteiger partial charge >= 0.3 is 12.1 Å². The minimum Gasteiger partial charge on any atom is -0.444 e. The summed E-state index contributed by atoms with van der Waals surface area (Å²) in [7, 11) is 0. The highest BCUT2D eigenvalue weighted by atomic mass is 32.2. The highest BCUT2D eigenvalue weighted by molar-refractivity contribution is 8.00. The Morgan fingerprint density at radius 2 is 1.14 bits per heavy atom. The second-order valence-electron chi connectivity index (χ2n) is 17.2. The lowest BCUT2D eigenvalue weighted by Gasteiger charge is -2.19. The van der Waals surface area contributed by atoms with E-state index in [-0.39, 0.29) is 43.7 Å². The van der Waals surface area contributed by atoms with Gasteiger partial charge in [-0.1, -0.05) is 19.1 Å². The van der Waals surface area contributed by atoms with Gasteiger partial charge in [0.2, 0.25) is 5.91 Å². The molecule has 3 heterocycles. The molecule has 2 fully saturated rings. The fraction of sp³-hybridized carbons (Fsp3) is 0.872. The summed E-state index contributed by atoms with van der Waals surface area (Å²) in [6, 6.07) is 0.406. The summed E-state index contributed by atoms with van der Waals surface area (Å²) in [5, 5.41) is 20.1. The van der Waals surface area contributed by atoms with Gasteiger partial charge in [0.05, 0.1) is 164 Å². The van der Waals surface area contributed by atoms with E-state index < -0.39 is 11.7 Å². The largest absolute Gasteiger partial charge is 0.444 e. The number of Topliss-reactive ketones (excluding diaryl/α,β-unsaturated/α-hetero) is 1. The van der Waals surface area contributed by atoms with Crippen molar-refractivity contribution in [2.75, 3.05) is 158 Å². The number of carbonyl (C=O) groups excluding carboxylic acids is 4. The molecule has 0 aliphatic carbocycles. The number of aromatic nitrogens is 3. The number of carbonyl (C=O) groups is 4. The van der Waals surface area contributed by atoms with Gasteiger partial charge in [-0.15, -0.1) is 5.10 Å². The maximum atomic E-state index is 12.3. The molecule has 23 nitrogen and oxygen atoms in total. The Bertz CT molecular complexity index is 1510. The summed E-state index contributed by atoms with van der Waals surface area (Å²) in [5.41, 5.74) is 0.196. The van der Waals surface area contributed by atoms with E-state index in [0.29, 0.717) is 189 Å². The van der Waals surface area contributed by atoms with Crippen LogP contribution < -0.4 is 21.3 Å². The summed E-state index contributed by atoms with van der Waals surface area (Å²) in [6.45, 7) is 16.0. The highest BCUT2D eigenvalue weighted by Crippen LogP contribution is 2.33. The summed E-state index contributed by atoms with van der Waals surface area (Å²) in [5.74, 6) is 1.13. The third-order valence-corrected chi connectivity index (χ3v) is 11.6. The zero-order chi connectivity index (χ0) is 50.2. The van der Waals surface area contributed by atoms with E-state index in [1.165, 1.54) is 0 Å². The van der Waals surface area contributed by atoms with Crippen molar-refractivity contribution >= 4 is 35.6 Å². The van der Waals surface area contributed by atoms with Gasteiger partial charge in [-0.3, -0.25) is 9.59 Å². The van der Waals surface area contributed by atoms with Crippen LogP contribution in [0.3, 0.4) is 0 Å². The predicted molar refractivity (Wildman–Crippen MR) is 265 cm³/mol. The van der Waals surface area contributed by atoms with Gasteiger partial charge in [0.1, 0.15) is 17.1 Å². The second kappa shape index (κ2) is 42.1. The number of rotatable bonds is 47. The van der Waals surface area contributed by atoms with Crippen molar-refractivity contribution in [1.29, 1.82) is 0 Å². The number of hydrogen-bond acceptors (Lipinski definition) is 19. The molecule has 0 spiro atoms. The molecule has 0 saturated carbocycles. The molecule has 24 heteroatoms. The first-order valence-corrected chi connectivity index (χ1v) is 25.8. The van der Waals surface area contributed by atoms with Gasteiger partial charge in [-0.05, 0) is 40.0 Å². The topological polar surface area (TPSA) is 258 Å². The average molecular weight is 1040 g/mol. The van der Waals surface area contributed by atoms with Crippen molar-refractivity contribution in [2.24, 2.45) is 0 Å². The van der Waals surface area contributed by atoms with Crippen LogP contribution in [0.15, 0.2) is 6.20 Å². The smallest absolute Gasteiger partial charge is 0.407 e. The Balaban J connectivity index is 0.0000173. The molecule has 4 N–H and O–H groups in total. The molecular formula is C47H87N7O16S. The molecule has 0 unspecified atom stereocenters. The molecule has 412 valence electrons. The molecule has 2 aliphatic heterocycles. The summed E-state index contributed by atoms with van der Waals surface area (Å²) < 4.78 is 67.5. The van der Waals surface area contributed by atoms with Crippen LogP contribution in [0, 0.1) is 0 Å². The number of amides is 4. The minimum absolute atomic E-state index is 0. The third kappa shape index (κ3) is 35.5. The molecule has 4 amide bonds. The van der Waals surface area contributed by atoms with Gasteiger partial charge in [0.15, 0.2) is 0 Å². The SMILES string of the molecule is C.CC(C)(C)OC(=O)NCCOCCOCCOCCOCCOCCNC(=O)CCOCCOCCOCCOCCOCc1cn(CCOCCCC(=O)CCCC[C@@H]2SC[C@H]3NC(=O)N[C@@H]23)nn1. The number of thioether (sulfide) groups is 1. The van der Waals surface area contributed by atoms with Gasteiger partial charge in [0.25, 0.3) is 0 Å². The number of urea groups is 1. The molecule has 1 aromatic heterocycles. The lowest BCUT2D eigenvalue weighted by Crippen LogP contribution is -2.36. The van der Waals surface area contributed by atoms with Crippen LogP contribution >= 0.6 is 11.8 Å². The van der Waals surface area contributed by atoms with E-state index in [4.69, 9.17) is 56.8 Å². The van der Waals surface area contributed by atoms with E-state index in [1.807, 2.05) is 38.7 Å². The number of hydrogen-bond donors (Lipinski definition) is 4. The summed E-state index contributed by atoms with van der Waals surface area (Å²) >= 11 is 1.91. The first-order valence-electron chi connectivity index (χ1n) is 24.8. The van der Waals surface area contributed by atoms with Crippen LogP contribution in [0.2, 0.25) is 0 Å². The molecule has 71 heavy (non-hydrogen) atoms. The summed E-state index contributed by atoms with van der Waals surface area (Å²) in [6.07, 6.45) is 6.36. The molecule has 2 aliphatic rings. The van der Waals surface area contributed by atoms with Crippen molar-refractivity contribution in [2.45, 2.75) is 109 Å². The normalized spacial score (nSPS) is 16.3. The quantitative estimate of drug-likeness (QED) is 0.0541. The Morgan fingerprint density at radius 3 is 1.72 bits per heavy atom. The molecule has 0 aromatic carbocycles. The fourth-order valence-corrected chi connectivity index (χ4v) is 8.22. The highest BCUT2D eigenvalue weighted by Gasteiger charge is 2.42. The molecule has 0 bridgehead atoms.